The van der Waals surface area contributed by atoms with Crippen LogP contribution in [0.5, 0.6) is 5.75 Å². The molecule has 122 valence electrons. The number of carbonyl (C=O) groups is 1. The topological polar surface area (TPSA) is 65.4 Å². The number of benzene rings is 1. The number of anilines is 1. The Bertz CT molecular complexity index is 670. The maximum absolute atomic E-state index is 11.0. The van der Waals surface area contributed by atoms with Crippen molar-refractivity contribution in [1.82, 2.24) is 4.90 Å². The van der Waals surface area contributed by atoms with E-state index < -0.39 is 5.97 Å². The van der Waals surface area contributed by atoms with Gasteiger partial charge in [0.25, 0.3) is 0 Å². The maximum atomic E-state index is 11.0. The van der Waals surface area contributed by atoms with E-state index in [9.17, 15) is 4.79 Å². The van der Waals surface area contributed by atoms with E-state index in [1.165, 1.54) is 10.2 Å². The van der Waals surface area contributed by atoms with Gasteiger partial charge in [-0.05, 0) is 0 Å². The van der Waals surface area contributed by atoms with Crippen LogP contribution in [-0.4, -0.2) is 63.4 Å². The summed E-state index contributed by atoms with van der Waals surface area (Å²) in [7, 11) is 1.65. The van der Waals surface area contributed by atoms with E-state index in [1.54, 1.807) is 7.11 Å². The predicted octanol–water partition coefficient (Wildman–Crippen LogP) is 1.63. The van der Waals surface area contributed by atoms with Gasteiger partial charge in [-0.15, -0.1) is 0 Å². The first-order valence-corrected chi connectivity index (χ1v) is 9.45. The number of hydrogen-bond donors (Lipinski definition) is 1. The Kier molecular flexibility index (Phi) is 4.59. The van der Waals surface area contributed by atoms with Gasteiger partial charge in [0.1, 0.15) is 0 Å². The molecule has 2 heterocycles. The standard InChI is InChI=1S/C16H19N3O3Se/c1-11-14(16-18(7-8-23-16)10-15(20)21)9-19(17-11)12-3-5-13(22-2)6-4-12/h3-6H,7-10H2,1-2H3,(H,20,21)/b16-14-. The van der Waals surface area contributed by atoms with Crippen molar-refractivity contribution in [3.63, 3.8) is 0 Å². The summed E-state index contributed by atoms with van der Waals surface area (Å²) >= 11 is 0.331. The van der Waals surface area contributed by atoms with Crippen molar-refractivity contribution in [3.05, 3.63) is 34.4 Å². The monoisotopic (exact) mass is 381 g/mol. The fourth-order valence-corrected chi connectivity index (χ4v) is 5.28. The van der Waals surface area contributed by atoms with Gasteiger partial charge in [-0.2, -0.15) is 0 Å². The molecule has 0 aliphatic carbocycles. The molecule has 0 radical (unpaired) electrons. The zero-order chi connectivity index (χ0) is 16.4. The third-order valence-electron chi connectivity index (χ3n) is 3.86. The van der Waals surface area contributed by atoms with Crippen molar-refractivity contribution in [2.45, 2.75) is 12.2 Å². The van der Waals surface area contributed by atoms with Crippen molar-refractivity contribution in [3.8, 4) is 5.75 Å². The summed E-state index contributed by atoms with van der Waals surface area (Å²) in [5, 5.41) is 16.7. The van der Waals surface area contributed by atoms with Gasteiger partial charge in [-0.25, -0.2) is 0 Å². The number of nitrogens with zero attached hydrogens (tertiary/aromatic N) is 3. The Morgan fingerprint density at radius 1 is 1.39 bits per heavy atom. The first kappa shape index (κ1) is 15.9. The van der Waals surface area contributed by atoms with Crippen LogP contribution in [0.15, 0.2) is 39.5 Å². The van der Waals surface area contributed by atoms with Gasteiger partial charge in [0.15, 0.2) is 0 Å². The molecule has 1 saturated heterocycles. The van der Waals surface area contributed by atoms with Gasteiger partial charge < -0.3 is 0 Å². The van der Waals surface area contributed by atoms with Crippen molar-refractivity contribution in [2.75, 3.05) is 31.8 Å². The van der Waals surface area contributed by atoms with Gasteiger partial charge in [0.05, 0.1) is 0 Å². The van der Waals surface area contributed by atoms with Crippen LogP contribution in [0.2, 0.25) is 5.32 Å². The molecule has 1 aromatic carbocycles. The molecule has 0 amide bonds. The molecule has 23 heavy (non-hydrogen) atoms. The molecule has 0 spiro atoms. The molecule has 0 bridgehead atoms. The normalized spacial score (nSPS) is 20.9. The number of carboxylic acid groups (broad SMARTS) is 1. The van der Waals surface area contributed by atoms with Crippen molar-refractivity contribution < 1.29 is 14.6 Å². The van der Waals surface area contributed by atoms with Crippen molar-refractivity contribution >= 4 is 32.3 Å². The number of carboxylic acids is 1. The number of hydrogen-bond acceptors (Lipinski definition) is 5. The van der Waals surface area contributed by atoms with E-state index in [-0.39, 0.29) is 6.54 Å². The number of rotatable bonds is 4. The molecule has 6 nitrogen and oxygen atoms in total. The zero-order valence-corrected chi connectivity index (χ0v) is 14.9. The van der Waals surface area contributed by atoms with E-state index in [0.717, 1.165) is 29.0 Å². The predicted molar refractivity (Wildman–Crippen MR) is 90.2 cm³/mol. The van der Waals surface area contributed by atoms with Gasteiger partial charge in [-0.1, -0.05) is 0 Å². The third kappa shape index (κ3) is 3.35. The molecular formula is C16H19N3O3Se. The van der Waals surface area contributed by atoms with E-state index in [0.29, 0.717) is 21.5 Å². The van der Waals surface area contributed by atoms with E-state index in [4.69, 9.17) is 9.84 Å². The summed E-state index contributed by atoms with van der Waals surface area (Å²) in [6.07, 6.45) is 0. The molecule has 7 heteroatoms. The van der Waals surface area contributed by atoms with Gasteiger partial charge in [0.2, 0.25) is 0 Å². The summed E-state index contributed by atoms with van der Waals surface area (Å²) in [6.45, 7) is 3.61. The second-order valence-electron chi connectivity index (χ2n) is 5.39. The number of methoxy groups -OCH3 is 1. The Labute approximate surface area is 141 Å². The Balaban J connectivity index is 1.82. The van der Waals surface area contributed by atoms with Crippen LogP contribution >= 0.6 is 0 Å². The van der Waals surface area contributed by atoms with E-state index in [1.807, 2.05) is 41.1 Å². The summed E-state index contributed by atoms with van der Waals surface area (Å²) in [5.41, 5.74) is 3.17. The number of ether oxygens (including phenoxy) is 1. The third-order valence-corrected chi connectivity index (χ3v) is 6.30. The van der Waals surface area contributed by atoms with E-state index in [2.05, 4.69) is 5.10 Å². The van der Waals surface area contributed by atoms with Crippen molar-refractivity contribution in [1.29, 1.82) is 0 Å². The first-order chi connectivity index (χ1) is 11.1. The SMILES string of the molecule is COc1ccc(N2C/C(=C3/[Se]CCN3CC(=O)O)C(C)=N2)cc1. The van der Waals surface area contributed by atoms with Crippen molar-refractivity contribution in [2.24, 2.45) is 5.10 Å². The minimum atomic E-state index is -0.777. The Morgan fingerprint density at radius 3 is 2.78 bits per heavy atom. The molecule has 1 N–H and O–H groups in total. The quantitative estimate of drug-likeness (QED) is 0.805. The van der Waals surface area contributed by atoms with Crippen LogP contribution in [0, 0.1) is 0 Å². The minimum absolute atomic E-state index is 0.0798. The number of aliphatic carboxylic acids is 1. The average Bonchev–Trinajstić information content (AvgIpc) is 3.13. The summed E-state index contributed by atoms with van der Waals surface area (Å²) in [6, 6.07) is 7.80. The molecule has 3 rings (SSSR count). The second-order valence-corrected chi connectivity index (χ2v) is 7.66. The molecule has 0 saturated carbocycles. The van der Waals surface area contributed by atoms with Gasteiger partial charge in [0, 0.05) is 0 Å². The Morgan fingerprint density at radius 2 is 2.13 bits per heavy atom. The van der Waals surface area contributed by atoms with Gasteiger partial charge in [-0.3, -0.25) is 0 Å². The average molecular weight is 380 g/mol. The molecule has 2 aliphatic heterocycles. The van der Waals surface area contributed by atoms with Crippen LogP contribution in [0.25, 0.3) is 0 Å². The first-order valence-electron chi connectivity index (χ1n) is 7.38. The fourth-order valence-electron chi connectivity index (χ4n) is 2.70. The molecule has 1 aromatic rings. The molecule has 0 atom stereocenters. The number of hydrazone groups is 1. The second kappa shape index (κ2) is 6.64. The molecule has 0 unspecified atom stereocenters. The summed E-state index contributed by atoms with van der Waals surface area (Å²) < 4.78 is 6.37. The van der Waals surface area contributed by atoms with Crippen LogP contribution < -0.4 is 9.75 Å². The van der Waals surface area contributed by atoms with Gasteiger partial charge >= 0.3 is 141 Å². The molecule has 1 fully saturated rings. The summed E-state index contributed by atoms with van der Waals surface area (Å²) in [5.74, 6) is 0.0411. The molecule has 0 aromatic heterocycles. The zero-order valence-electron chi connectivity index (χ0n) is 13.2. The van der Waals surface area contributed by atoms with Crippen LogP contribution in [0.1, 0.15) is 6.92 Å². The molecule has 2 aliphatic rings. The van der Waals surface area contributed by atoms with E-state index >= 15 is 0 Å². The molecular weight excluding hydrogens is 361 g/mol. The summed E-state index contributed by atoms with van der Waals surface area (Å²) in [4.78, 5) is 13.0. The van der Waals surface area contributed by atoms with Crippen LogP contribution in [-0.2, 0) is 4.79 Å². The fraction of sp³-hybridized carbons (Fsp3) is 0.375. The van der Waals surface area contributed by atoms with Crippen LogP contribution in [0.3, 0.4) is 0 Å². The van der Waals surface area contributed by atoms with Crippen LogP contribution in [0.4, 0.5) is 5.69 Å². The Hall–Kier alpha value is -1.98.